The average Bonchev–Trinajstić information content (AvgIpc) is 3.21. The second kappa shape index (κ2) is 9.82. The summed E-state index contributed by atoms with van der Waals surface area (Å²) in [6.07, 6.45) is 6.55. The Bertz CT molecular complexity index is 1290. The van der Waals surface area contributed by atoms with Crippen LogP contribution in [0.2, 0.25) is 0 Å². The summed E-state index contributed by atoms with van der Waals surface area (Å²) >= 11 is 1.55. The molecular weight excluding hydrogens is 422 g/mol. The number of amides is 1. The number of nitrogens with one attached hydrogen (secondary N) is 1. The third-order valence-corrected chi connectivity index (χ3v) is 6.24. The molecule has 0 spiro atoms. The number of unbranched alkanes of at least 4 members (excludes halogenated alkanes) is 2. The van der Waals surface area contributed by atoms with Crippen LogP contribution in [-0.2, 0) is 13.6 Å². The van der Waals surface area contributed by atoms with E-state index in [0.29, 0.717) is 23.0 Å². The van der Waals surface area contributed by atoms with Crippen LogP contribution in [0.3, 0.4) is 0 Å². The van der Waals surface area contributed by atoms with Gasteiger partial charge in [0.1, 0.15) is 0 Å². The van der Waals surface area contributed by atoms with Gasteiger partial charge in [-0.25, -0.2) is 9.67 Å². The van der Waals surface area contributed by atoms with Gasteiger partial charge >= 0.3 is 0 Å². The van der Waals surface area contributed by atoms with Gasteiger partial charge in [-0.1, -0.05) is 49.7 Å². The van der Waals surface area contributed by atoms with E-state index in [4.69, 9.17) is 0 Å². The second-order valence-corrected chi connectivity index (χ2v) is 8.57. The van der Waals surface area contributed by atoms with Crippen molar-refractivity contribution in [3.63, 3.8) is 0 Å². The molecular formula is C24H25N5O2S. The molecule has 164 valence electrons. The molecule has 2 aromatic carbocycles. The van der Waals surface area contributed by atoms with E-state index in [0.717, 1.165) is 29.3 Å². The first kappa shape index (κ1) is 21.8. The van der Waals surface area contributed by atoms with Crippen molar-refractivity contribution >= 4 is 34.1 Å². The minimum absolute atomic E-state index is 0.163. The van der Waals surface area contributed by atoms with E-state index in [-0.39, 0.29) is 17.2 Å². The van der Waals surface area contributed by atoms with Gasteiger partial charge in [-0.15, -0.1) is 0 Å². The Kier molecular flexibility index (Phi) is 6.70. The van der Waals surface area contributed by atoms with E-state index in [1.165, 1.54) is 4.68 Å². The van der Waals surface area contributed by atoms with E-state index in [1.54, 1.807) is 36.2 Å². The molecule has 2 aromatic heterocycles. The third-order valence-electron chi connectivity index (χ3n) is 5.15. The van der Waals surface area contributed by atoms with Crippen molar-refractivity contribution in [2.24, 2.45) is 7.05 Å². The number of carbonyl (C=O) groups excluding carboxylic acids is 1. The van der Waals surface area contributed by atoms with E-state index in [2.05, 4.69) is 22.3 Å². The van der Waals surface area contributed by atoms with Crippen molar-refractivity contribution in [3.05, 3.63) is 77.0 Å². The second-order valence-electron chi connectivity index (χ2n) is 7.53. The van der Waals surface area contributed by atoms with Crippen molar-refractivity contribution in [1.29, 1.82) is 0 Å². The molecule has 0 radical (unpaired) electrons. The Morgan fingerprint density at radius 2 is 1.81 bits per heavy atom. The maximum atomic E-state index is 13.1. The lowest BCUT2D eigenvalue weighted by Gasteiger charge is -2.11. The lowest BCUT2D eigenvalue weighted by Crippen LogP contribution is -2.27. The van der Waals surface area contributed by atoms with Gasteiger partial charge in [0.2, 0.25) is 0 Å². The number of benzene rings is 2. The normalized spacial score (nSPS) is 11.1. The summed E-state index contributed by atoms with van der Waals surface area (Å²) < 4.78 is 3.37. The number of anilines is 1. The third kappa shape index (κ3) is 4.75. The van der Waals surface area contributed by atoms with Gasteiger partial charge in [0, 0.05) is 42.0 Å². The zero-order chi connectivity index (χ0) is 22.5. The van der Waals surface area contributed by atoms with Gasteiger partial charge in [-0.3, -0.25) is 9.59 Å². The van der Waals surface area contributed by atoms with Gasteiger partial charge < -0.3 is 9.88 Å². The van der Waals surface area contributed by atoms with Gasteiger partial charge in [0.25, 0.3) is 11.5 Å². The fraction of sp³-hybridized carbons (Fsp3) is 0.250. The zero-order valence-corrected chi connectivity index (χ0v) is 18.9. The highest BCUT2D eigenvalue weighted by Crippen LogP contribution is 2.27. The quantitative estimate of drug-likeness (QED) is 0.395. The summed E-state index contributed by atoms with van der Waals surface area (Å²) in [6.45, 7) is 2.60. The Labute approximate surface area is 190 Å². The van der Waals surface area contributed by atoms with Crippen LogP contribution in [0.4, 0.5) is 5.69 Å². The van der Waals surface area contributed by atoms with Crippen LogP contribution in [-0.4, -0.2) is 25.2 Å². The van der Waals surface area contributed by atoms with Crippen LogP contribution in [0.1, 0.15) is 36.7 Å². The first-order valence-corrected chi connectivity index (χ1v) is 11.4. The minimum Gasteiger partial charge on any atom is -0.329 e. The molecule has 0 unspecified atom stereocenters. The minimum atomic E-state index is -0.338. The molecule has 7 nitrogen and oxygen atoms in total. The number of aromatic nitrogens is 4. The molecule has 0 atom stereocenters. The van der Waals surface area contributed by atoms with Crippen molar-refractivity contribution in [2.45, 2.75) is 42.8 Å². The summed E-state index contributed by atoms with van der Waals surface area (Å²) in [4.78, 5) is 31.2. The number of rotatable bonds is 8. The first-order valence-electron chi connectivity index (χ1n) is 10.6. The molecule has 0 aliphatic rings. The van der Waals surface area contributed by atoms with Crippen molar-refractivity contribution in [2.75, 3.05) is 5.32 Å². The van der Waals surface area contributed by atoms with Crippen LogP contribution >= 0.6 is 11.8 Å². The molecule has 0 aliphatic heterocycles. The summed E-state index contributed by atoms with van der Waals surface area (Å²) in [5.74, 6) is -0.338. The number of aryl methyl sites for hydroxylation is 2. The van der Waals surface area contributed by atoms with Crippen molar-refractivity contribution in [1.82, 2.24) is 19.3 Å². The molecule has 4 aromatic rings. The van der Waals surface area contributed by atoms with Gasteiger partial charge in [-0.2, -0.15) is 5.10 Å². The summed E-state index contributed by atoms with van der Waals surface area (Å²) in [5.41, 5.74) is 0.751. The Morgan fingerprint density at radius 1 is 1.06 bits per heavy atom. The van der Waals surface area contributed by atoms with Crippen LogP contribution < -0.4 is 10.9 Å². The largest absolute Gasteiger partial charge is 0.329 e. The van der Waals surface area contributed by atoms with Crippen LogP contribution in [0.25, 0.3) is 10.8 Å². The summed E-state index contributed by atoms with van der Waals surface area (Å²) in [5, 5.41) is 9.29. The molecule has 0 aliphatic carbocycles. The number of hydrogen-bond donors (Lipinski definition) is 1. The molecule has 8 heteroatoms. The zero-order valence-electron chi connectivity index (χ0n) is 18.1. The summed E-state index contributed by atoms with van der Waals surface area (Å²) in [6, 6.07) is 14.7. The highest BCUT2D eigenvalue weighted by Gasteiger charge is 2.17. The average molecular weight is 448 g/mol. The maximum Gasteiger partial charge on any atom is 0.276 e. The van der Waals surface area contributed by atoms with Crippen LogP contribution in [0.5, 0.6) is 0 Å². The Morgan fingerprint density at radius 3 is 2.50 bits per heavy atom. The molecule has 1 N–H and O–H groups in total. The predicted octanol–water partition coefficient (Wildman–Crippen LogP) is 4.72. The fourth-order valence-corrected chi connectivity index (χ4v) is 4.22. The molecule has 0 saturated heterocycles. The lowest BCUT2D eigenvalue weighted by atomic mass is 10.1. The van der Waals surface area contributed by atoms with E-state index >= 15 is 0 Å². The number of nitrogens with zero attached hydrogens (tertiary/aromatic N) is 4. The van der Waals surface area contributed by atoms with Crippen molar-refractivity contribution in [3.8, 4) is 0 Å². The fourth-order valence-electron chi connectivity index (χ4n) is 3.42. The van der Waals surface area contributed by atoms with Crippen molar-refractivity contribution < 1.29 is 4.79 Å². The monoisotopic (exact) mass is 447 g/mol. The highest BCUT2D eigenvalue weighted by molar-refractivity contribution is 7.99. The van der Waals surface area contributed by atoms with E-state index < -0.39 is 0 Å². The first-order chi connectivity index (χ1) is 15.6. The molecule has 4 rings (SSSR count). The van der Waals surface area contributed by atoms with Crippen LogP contribution in [0.15, 0.2) is 75.8 Å². The number of fused-ring (bicyclic) bond motifs is 1. The highest BCUT2D eigenvalue weighted by atomic mass is 32.2. The number of carbonyl (C=O) groups is 1. The topological polar surface area (TPSA) is 81.8 Å². The molecule has 0 fully saturated rings. The standard InChI is InChI=1S/C24H25N5O2S/c1-3-4-7-15-29-23(31)20-9-6-5-8-19(20)21(27-29)22(30)26-17-10-12-18(13-11-17)32-24-25-14-16-28(24)2/h5-6,8-14,16H,3-4,7,15H2,1-2H3,(H,26,30). The molecule has 0 saturated carbocycles. The van der Waals surface area contributed by atoms with Crippen LogP contribution in [0, 0.1) is 0 Å². The summed E-state index contributed by atoms with van der Waals surface area (Å²) in [7, 11) is 1.95. The number of imidazole rings is 1. The SMILES string of the molecule is CCCCCn1nc(C(=O)Nc2ccc(Sc3nccn3C)cc2)c2ccccc2c1=O. The molecule has 1 amide bonds. The molecule has 32 heavy (non-hydrogen) atoms. The lowest BCUT2D eigenvalue weighted by molar-refractivity contribution is 0.102. The number of hydrogen-bond acceptors (Lipinski definition) is 5. The smallest absolute Gasteiger partial charge is 0.276 e. The molecule has 0 bridgehead atoms. The Hall–Kier alpha value is -3.39. The van der Waals surface area contributed by atoms with Gasteiger partial charge in [0.15, 0.2) is 10.9 Å². The Balaban J connectivity index is 1.57. The van der Waals surface area contributed by atoms with Gasteiger partial charge in [-0.05, 0) is 36.8 Å². The van der Waals surface area contributed by atoms with E-state index in [1.807, 2.05) is 48.1 Å². The maximum absolute atomic E-state index is 13.1. The predicted molar refractivity (Wildman–Crippen MR) is 127 cm³/mol. The van der Waals surface area contributed by atoms with Gasteiger partial charge in [0.05, 0.1) is 5.39 Å². The van der Waals surface area contributed by atoms with E-state index in [9.17, 15) is 9.59 Å². The molecule has 2 heterocycles.